The number of fused-ring (bicyclic) bond motifs is 1. The van der Waals surface area contributed by atoms with Gasteiger partial charge in [0.25, 0.3) is 0 Å². The van der Waals surface area contributed by atoms with Crippen molar-refractivity contribution in [2.45, 2.75) is 30.9 Å². The summed E-state index contributed by atoms with van der Waals surface area (Å²) in [5, 5.41) is 0.882. The molecular formula is C12H16S. The molecule has 0 fully saturated rings. The van der Waals surface area contributed by atoms with Crippen LogP contribution in [-0.4, -0.2) is 11.5 Å². The third-order valence-corrected chi connectivity index (χ3v) is 4.06. The van der Waals surface area contributed by atoms with Crippen molar-refractivity contribution >= 4 is 11.8 Å². The quantitative estimate of drug-likeness (QED) is 0.615. The van der Waals surface area contributed by atoms with Gasteiger partial charge in [-0.2, -0.15) is 11.8 Å². The van der Waals surface area contributed by atoms with E-state index in [0.717, 1.165) is 5.25 Å². The average Bonchev–Trinajstić information content (AvgIpc) is 2.39. The predicted molar refractivity (Wildman–Crippen MR) is 60.4 cm³/mol. The molecule has 2 rings (SSSR count). The molecule has 0 N–H and O–H groups in total. The Bertz CT molecular complexity index is 253. The second kappa shape index (κ2) is 4.19. The van der Waals surface area contributed by atoms with E-state index in [-0.39, 0.29) is 0 Å². The first-order valence-electron chi connectivity index (χ1n) is 4.99. The van der Waals surface area contributed by atoms with E-state index in [1.807, 2.05) is 11.8 Å². The molecule has 0 aromatic heterocycles. The zero-order valence-electron chi connectivity index (χ0n) is 8.12. The standard InChI is InChI=1S/C12H16S/c1-13-12-8-6-10-4-2-3-5-11(10)7-9-12/h2-5,12H,6-9H2,1H3. The minimum Gasteiger partial charge on any atom is -0.162 e. The minimum absolute atomic E-state index is 0.882. The van der Waals surface area contributed by atoms with Crippen LogP contribution in [0.4, 0.5) is 0 Å². The lowest BCUT2D eigenvalue weighted by Gasteiger charge is -2.08. The summed E-state index contributed by atoms with van der Waals surface area (Å²) in [6.45, 7) is 0. The van der Waals surface area contributed by atoms with Gasteiger partial charge in [-0.05, 0) is 43.1 Å². The van der Waals surface area contributed by atoms with Gasteiger partial charge in [-0.1, -0.05) is 24.3 Å². The third-order valence-electron chi connectivity index (χ3n) is 2.92. The average molecular weight is 192 g/mol. The molecule has 13 heavy (non-hydrogen) atoms. The van der Waals surface area contributed by atoms with Crippen molar-refractivity contribution in [3.8, 4) is 0 Å². The lowest BCUT2D eigenvalue weighted by molar-refractivity contribution is 0.732. The van der Waals surface area contributed by atoms with E-state index in [9.17, 15) is 0 Å². The second-order valence-corrected chi connectivity index (χ2v) is 4.84. The molecule has 0 spiro atoms. The maximum Gasteiger partial charge on any atom is 0.00506 e. The first-order valence-corrected chi connectivity index (χ1v) is 6.28. The minimum atomic E-state index is 0.882. The summed E-state index contributed by atoms with van der Waals surface area (Å²) in [4.78, 5) is 0. The van der Waals surface area contributed by atoms with Crippen LogP contribution in [0.1, 0.15) is 24.0 Å². The number of aryl methyl sites for hydroxylation is 2. The van der Waals surface area contributed by atoms with Gasteiger partial charge in [0.15, 0.2) is 0 Å². The fraction of sp³-hybridized carbons (Fsp3) is 0.500. The molecule has 0 saturated heterocycles. The fourth-order valence-corrected chi connectivity index (χ4v) is 2.77. The number of rotatable bonds is 1. The molecule has 1 aromatic carbocycles. The highest BCUT2D eigenvalue weighted by molar-refractivity contribution is 7.99. The van der Waals surface area contributed by atoms with Gasteiger partial charge in [-0.3, -0.25) is 0 Å². The van der Waals surface area contributed by atoms with E-state index in [1.165, 1.54) is 25.7 Å². The molecule has 0 radical (unpaired) electrons. The second-order valence-electron chi connectivity index (χ2n) is 3.70. The molecule has 1 aromatic rings. The van der Waals surface area contributed by atoms with Gasteiger partial charge in [0.2, 0.25) is 0 Å². The van der Waals surface area contributed by atoms with Crippen molar-refractivity contribution in [3.63, 3.8) is 0 Å². The van der Waals surface area contributed by atoms with Gasteiger partial charge in [0.05, 0.1) is 0 Å². The number of thioether (sulfide) groups is 1. The molecule has 0 aliphatic heterocycles. The Kier molecular flexibility index (Phi) is 2.94. The van der Waals surface area contributed by atoms with Crippen molar-refractivity contribution in [1.82, 2.24) is 0 Å². The summed E-state index contributed by atoms with van der Waals surface area (Å²) in [5.41, 5.74) is 3.16. The normalized spacial score (nSPS) is 17.9. The molecule has 0 bridgehead atoms. The lowest BCUT2D eigenvalue weighted by atomic mass is 10.0. The summed E-state index contributed by atoms with van der Waals surface area (Å²) < 4.78 is 0. The van der Waals surface area contributed by atoms with Crippen LogP contribution in [-0.2, 0) is 12.8 Å². The molecule has 0 amide bonds. The molecule has 1 heteroatoms. The van der Waals surface area contributed by atoms with Crippen molar-refractivity contribution in [2.75, 3.05) is 6.26 Å². The Morgan fingerprint density at radius 1 is 1.08 bits per heavy atom. The SMILES string of the molecule is CSC1CCc2ccccc2CC1. The Morgan fingerprint density at radius 3 is 2.08 bits per heavy atom. The molecule has 70 valence electrons. The van der Waals surface area contributed by atoms with E-state index in [2.05, 4.69) is 30.5 Å². The summed E-state index contributed by atoms with van der Waals surface area (Å²) in [6.07, 6.45) is 7.51. The Morgan fingerprint density at radius 2 is 1.62 bits per heavy atom. The fourth-order valence-electron chi connectivity index (χ4n) is 2.06. The Hall–Kier alpha value is -0.430. The van der Waals surface area contributed by atoms with Crippen molar-refractivity contribution in [2.24, 2.45) is 0 Å². The van der Waals surface area contributed by atoms with Crippen LogP contribution >= 0.6 is 11.8 Å². The van der Waals surface area contributed by atoms with Crippen molar-refractivity contribution in [3.05, 3.63) is 35.4 Å². The van der Waals surface area contributed by atoms with Gasteiger partial charge in [-0.25, -0.2) is 0 Å². The number of benzene rings is 1. The zero-order valence-corrected chi connectivity index (χ0v) is 8.94. The molecule has 1 aliphatic carbocycles. The molecule has 0 heterocycles. The van der Waals surface area contributed by atoms with E-state index in [4.69, 9.17) is 0 Å². The van der Waals surface area contributed by atoms with Gasteiger partial charge in [0, 0.05) is 5.25 Å². The monoisotopic (exact) mass is 192 g/mol. The maximum atomic E-state index is 2.29. The third kappa shape index (κ3) is 2.08. The summed E-state index contributed by atoms with van der Waals surface area (Å²) in [6, 6.07) is 8.91. The molecular weight excluding hydrogens is 176 g/mol. The van der Waals surface area contributed by atoms with Crippen LogP contribution in [0, 0.1) is 0 Å². The summed E-state index contributed by atoms with van der Waals surface area (Å²) in [7, 11) is 0. The Labute approximate surface area is 84.7 Å². The van der Waals surface area contributed by atoms with Gasteiger partial charge < -0.3 is 0 Å². The van der Waals surface area contributed by atoms with E-state index < -0.39 is 0 Å². The zero-order chi connectivity index (χ0) is 9.10. The van der Waals surface area contributed by atoms with Crippen LogP contribution in [0.3, 0.4) is 0 Å². The molecule has 0 atom stereocenters. The first kappa shape index (κ1) is 9.14. The molecule has 0 unspecified atom stereocenters. The van der Waals surface area contributed by atoms with Gasteiger partial charge in [0.1, 0.15) is 0 Å². The topological polar surface area (TPSA) is 0 Å². The highest BCUT2D eigenvalue weighted by Crippen LogP contribution is 2.26. The highest BCUT2D eigenvalue weighted by Gasteiger charge is 2.14. The van der Waals surface area contributed by atoms with Crippen LogP contribution in [0.2, 0.25) is 0 Å². The van der Waals surface area contributed by atoms with Crippen molar-refractivity contribution < 1.29 is 0 Å². The van der Waals surface area contributed by atoms with Crippen LogP contribution in [0.15, 0.2) is 24.3 Å². The van der Waals surface area contributed by atoms with E-state index in [0.29, 0.717) is 0 Å². The maximum absolute atomic E-state index is 2.29. The van der Waals surface area contributed by atoms with Gasteiger partial charge in [-0.15, -0.1) is 0 Å². The molecule has 0 saturated carbocycles. The summed E-state index contributed by atoms with van der Waals surface area (Å²) >= 11 is 2.03. The van der Waals surface area contributed by atoms with Gasteiger partial charge >= 0.3 is 0 Å². The lowest BCUT2D eigenvalue weighted by Crippen LogP contribution is -2.00. The largest absolute Gasteiger partial charge is 0.162 e. The number of hydrogen-bond donors (Lipinski definition) is 0. The molecule has 0 nitrogen and oxygen atoms in total. The van der Waals surface area contributed by atoms with Crippen molar-refractivity contribution in [1.29, 1.82) is 0 Å². The van der Waals surface area contributed by atoms with E-state index in [1.54, 1.807) is 11.1 Å². The van der Waals surface area contributed by atoms with Crippen LogP contribution in [0.5, 0.6) is 0 Å². The van der Waals surface area contributed by atoms with Crippen LogP contribution < -0.4 is 0 Å². The Balaban J connectivity index is 2.17. The first-order chi connectivity index (χ1) is 6.40. The highest BCUT2D eigenvalue weighted by atomic mass is 32.2. The smallest absolute Gasteiger partial charge is 0.00506 e. The molecule has 1 aliphatic rings. The van der Waals surface area contributed by atoms with E-state index >= 15 is 0 Å². The summed E-state index contributed by atoms with van der Waals surface area (Å²) in [5.74, 6) is 0. The predicted octanol–water partition coefficient (Wildman–Crippen LogP) is 3.30. The van der Waals surface area contributed by atoms with Crippen LogP contribution in [0.25, 0.3) is 0 Å². The number of hydrogen-bond acceptors (Lipinski definition) is 1.